The van der Waals surface area contributed by atoms with E-state index in [2.05, 4.69) is 41.0 Å². The first kappa shape index (κ1) is 37.9. The van der Waals surface area contributed by atoms with Crippen molar-refractivity contribution in [1.29, 1.82) is 0 Å². The lowest BCUT2D eigenvalue weighted by atomic mass is 9.67. The molecule has 6 fully saturated rings. The first-order chi connectivity index (χ1) is 31.0. The highest BCUT2D eigenvalue weighted by atomic mass is 16.8. The van der Waals surface area contributed by atoms with Crippen molar-refractivity contribution in [2.45, 2.75) is 131 Å². The maximum absolute atomic E-state index is 12.0. The van der Waals surface area contributed by atoms with Gasteiger partial charge < -0.3 is 59.3 Å². The van der Waals surface area contributed by atoms with E-state index < -0.39 is 72.6 Å². The monoisotopic (exact) mass is 863 g/mol. The minimum Gasteiger partial charge on any atom is -0.394 e. The smallest absolute Gasteiger partial charge is 0.198 e. The molecule has 8 aromatic carbocycles. The number of ether oxygens (including phenoxy) is 4. The van der Waals surface area contributed by atoms with Gasteiger partial charge in [-0.2, -0.15) is 0 Å². The van der Waals surface area contributed by atoms with Crippen LogP contribution in [0.3, 0.4) is 0 Å². The molecule has 64 heavy (non-hydrogen) atoms. The number of fused-ring (bicyclic) bond motifs is 6. The van der Waals surface area contributed by atoms with Crippen molar-refractivity contribution < 1.29 is 54.7 Å². The Hall–Kier alpha value is -4.28. The molecule has 10 unspecified atom stereocenters. The van der Waals surface area contributed by atoms with Crippen LogP contribution in [-0.2, 0) is 51.2 Å². The van der Waals surface area contributed by atoms with Crippen molar-refractivity contribution in [2.24, 2.45) is 0 Å². The Morgan fingerprint density at radius 2 is 1.06 bits per heavy atom. The van der Waals surface area contributed by atoms with Gasteiger partial charge in [-0.05, 0) is 126 Å². The fourth-order valence-corrected chi connectivity index (χ4v) is 15.1. The van der Waals surface area contributed by atoms with E-state index in [9.17, 15) is 35.7 Å². The second-order valence-electron chi connectivity index (χ2n) is 20.1. The minimum atomic E-state index is -1.95. The van der Waals surface area contributed by atoms with Crippen molar-refractivity contribution in [3.05, 3.63) is 69.8 Å². The predicted octanol–water partition coefficient (Wildman–Crippen LogP) is 5.11. The SMILES string of the molecule is CC.OCC1OC2(OC34CCC(OCCn5c6c7cc8c9c%10c(cc%11ccc%12cc%13c%14c%15c(cc(c5c%15c(c5c%10c%11c%12c%145)c96)CC7)C%13)C8)(OC3CO)C(O)C4O)CCC1(O)C(O)C2O. The zero-order valence-corrected chi connectivity index (χ0v) is 35.6. The van der Waals surface area contributed by atoms with Gasteiger partial charge in [0, 0.05) is 40.9 Å². The Morgan fingerprint density at radius 1 is 0.562 bits per heavy atom. The van der Waals surface area contributed by atoms with Crippen LogP contribution in [0, 0.1) is 0 Å². The Morgan fingerprint density at radius 3 is 1.66 bits per heavy atom. The molecule has 6 heterocycles. The van der Waals surface area contributed by atoms with E-state index in [1.807, 2.05) is 13.8 Å². The highest BCUT2D eigenvalue weighted by molar-refractivity contribution is 6.55. The molecule has 0 amide bonds. The molecule has 9 aliphatic rings. The summed E-state index contributed by atoms with van der Waals surface area (Å²) < 4.78 is 28.2. The van der Waals surface area contributed by atoms with Crippen LogP contribution in [0.15, 0.2) is 36.4 Å². The molecule has 12 nitrogen and oxygen atoms in total. The maximum atomic E-state index is 12.0. The first-order valence-electron chi connectivity index (χ1n) is 23.4. The average Bonchev–Trinajstić information content (AvgIpc) is 3.96. The molecule has 5 aliphatic heterocycles. The number of aliphatic hydroxyl groups is 7. The quantitative estimate of drug-likeness (QED) is 0.0797. The lowest BCUT2D eigenvalue weighted by Gasteiger charge is -2.65. The topological polar surface area (TPSA) is 183 Å². The van der Waals surface area contributed by atoms with Crippen molar-refractivity contribution in [1.82, 2.24) is 4.57 Å². The second-order valence-corrected chi connectivity index (χ2v) is 20.1. The van der Waals surface area contributed by atoms with Crippen LogP contribution >= 0.6 is 0 Å². The molecular weight excluding hydrogens is 815 g/mol. The summed E-state index contributed by atoms with van der Waals surface area (Å²) in [5.41, 5.74) is 7.11. The predicted molar refractivity (Wildman–Crippen MR) is 240 cm³/mol. The van der Waals surface area contributed by atoms with E-state index >= 15 is 0 Å². The molecule has 2 saturated carbocycles. The fourth-order valence-electron chi connectivity index (χ4n) is 15.1. The third-order valence-electron chi connectivity index (χ3n) is 17.6. The number of aliphatic hydroxyl groups excluding tert-OH is 6. The highest BCUT2D eigenvalue weighted by Crippen LogP contribution is 2.62. The number of hydrogen-bond donors (Lipinski definition) is 7. The van der Waals surface area contributed by atoms with Crippen LogP contribution in [0.25, 0.3) is 86.4 Å². The zero-order valence-electron chi connectivity index (χ0n) is 35.6. The van der Waals surface area contributed by atoms with E-state index in [-0.39, 0.29) is 32.3 Å². The van der Waals surface area contributed by atoms with Crippen molar-refractivity contribution in [3.8, 4) is 0 Å². The average molecular weight is 864 g/mol. The van der Waals surface area contributed by atoms with Crippen LogP contribution in [0.5, 0.6) is 0 Å². The molecule has 0 radical (unpaired) electrons. The molecule has 12 heteroatoms. The second kappa shape index (κ2) is 11.8. The number of nitrogens with zero attached hydrogens (tertiary/aromatic N) is 1. The number of pyridine rings is 1. The maximum Gasteiger partial charge on any atom is 0.198 e. The first-order valence-corrected chi connectivity index (χ1v) is 23.4. The van der Waals surface area contributed by atoms with Gasteiger partial charge in [-0.3, -0.25) is 0 Å². The summed E-state index contributed by atoms with van der Waals surface area (Å²) in [6.45, 7) is 3.32. The molecule has 18 rings (SSSR count). The van der Waals surface area contributed by atoms with Crippen molar-refractivity contribution in [3.63, 3.8) is 0 Å². The Bertz CT molecular complexity index is 3330. The molecule has 9 aromatic rings. The van der Waals surface area contributed by atoms with Gasteiger partial charge in [0.25, 0.3) is 0 Å². The minimum absolute atomic E-state index is 0.0535. The number of rotatable bonds is 8. The van der Waals surface area contributed by atoms with Gasteiger partial charge in [-0.25, -0.2) is 0 Å². The molecule has 328 valence electrons. The lowest BCUT2D eigenvalue weighted by Crippen LogP contribution is -2.82. The standard InChI is InChI=1S/C50H43NO11.C2H6/c52-17-27-47(58)5-7-50(60-27,45(56)43(47)54)62-48-6-8-49(46(57)44(48)55,61-28(48)18-53)59-10-9-51-41-21-3-4-22-14-26-16-24-12-20-2-1-19-11-23-15-25(13-21)33-31(23)35-29(19)30(20)36-32(24)34(26)40(42(22)51)38(37(35)36)39(33)41;1-2/h1-2,11-14,27-28,43-46,52-58H,3-10,15-18H2;1-2H3. The van der Waals surface area contributed by atoms with Crippen LogP contribution < -0.4 is 0 Å². The largest absolute Gasteiger partial charge is 0.394 e. The van der Waals surface area contributed by atoms with E-state index in [4.69, 9.17) is 18.9 Å². The van der Waals surface area contributed by atoms with Crippen LogP contribution in [0.2, 0.25) is 0 Å². The van der Waals surface area contributed by atoms with Crippen LogP contribution in [-0.4, -0.2) is 120 Å². The van der Waals surface area contributed by atoms with Crippen LogP contribution in [0.4, 0.5) is 0 Å². The molecule has 6 bridgehead atoms. The van der Waals surface area contributed by atoms with Gasteiger partial charge in [-0.15, -0.1) is 0 Å². The summed E-state index contributed by atoms with van der Waals surface area (Å²) in [6.07, 6.45) is -5.50. The summed E-state index contributed by atoms with van der Waals surface area (Å²) in [5.74, 6) is -3.63. The molecule has 0 spiro atoms. The van der Waals surface area contributed by atoms with Gasteiger partial charge >= 0.3 is 0 Å². The number of benzene rings is 7. The fraction of sp³-hybridized carbons (Fsp3) is 0.462. The van der Waals surface area contributed by atoms with E-state index in [1.54, 1.807) is 0 Å². The number of aromatic nitrogens is 1. The van der Waals surface area contributed by atoms with E-state index in [0.29, 0.717) is 6.54 Å². The van der Waals surface area contributed by atoms with Gasteiger partial charge in [0.2, 0.25) is 0 Å². The molecular formula is C52H49NO11. The van der Waals surface area contributed by atoms with Crippen molar-refractivity contribution >= 4 is 86.4 Å². The molecule has 7 N–H and O–H groups in total. The normalized spacial score (nSPS) is 34.6. The summed E-state index contributed by atoms with van der Waals surface area (Å²) in [4.78, 5) is 0. The highest BCUT2D eigenvalue weighted by Gasteiger charge is 2.73. The van der Waals surface area contributed by atoms with Gasteiger partial charge in [0.15, 0.2) is 11.6 Å². The van der Waals surface area contributed by atoms with Crippen molar-refractivity contribution in [2.75, 3.05) is 19.8 Å². The Balaban J connectivity index is 0.00000188. The number of hydrogen-bond acceptors (Lipinski definition) is 11. The number of aryl methyl sites for hydroxylation is 2. The summed E-state index contributed by atoms with van der Waals surface area (Å²) in [7, 11) is 0. The van der Waals surface area contributed by atoms with E-state index in [1.165, 1.54) is 120 Å². The van der Waals surface area contributed by atoms with Gasteiger partial charge in [-0.1, -0.05) is 50.2 Å². The Kier molecular flexibility index (Phi) is 6.99. The third-order valence-corrected chi connectivity index (χ3v) is 17.6. The van der Waals surface area contributed by atoms with Gasteiger partial charge in [0.05, 0.1) is 30.9 Å². The van der Waals surface area contributed by atoms with Gasteiger partial charge in [0.1, 0.15) is 47.8 Å². The summed E-state index contributed by atoms with van der Waals surface area (Å²) in [6, 6.07) is 14.5. The summed E-state index contributed by atoms with van der Waals surface area (Å²) >= 11 is 0. The van der Waals surface area contributed by atoms with Crippen LogP contribution in [0.1, 0.15) is 72.9 Å². The van der Waals surface area contributed by atoms with E-state index in [0.717, 1.165) is 25.7 Å². The third kappa shape index (κ3) is 3.88. The Labute approximate surface area is 365 Å². The molecule has 10 atom stereocenters. The molecule has 1 aromatic heterocycles. The lowest BCUT2D eigenvalue weighted by molar-refractivity contribution is -0.486. The molecule has 4 aliphatic carbocycles. The summed E-state index contributed by atoms with van der Waals surface area (Å²) in [5, 5.41) is 97.6. The zero-order chi connectivity index (χ0) is 43.3. The molecule has 4 saturated heterocycles.